The molecule has 0 bridgehead atoms. The van der Waals surface area contributed by atoms with Gasteiger partial charge in [-0.3, -0.25) is 0 Å². The van der Waals surface area contributed by atoms with Crippen LogP contribution in [0.3, 0.4) is 0 Å². The third-order valence-electron chi connectivity index (χ3n) is 1.75. The van der Waals surface area contributed by atoms with Gasteiger partial charge in [-0.25, -0.2) is 0 Å². The highest BCUT2D eigenvalue weighted by molar-refractivity contribution is 9.10. The van der Waals surface area contributed by atoms with Gasteiger partial charge in [0.2, 0.25) is 0 Å². The van der Waals surface area contributed by atoms with Crippen LogP contribution in [0.1, 0.15) is 16.7 Å². The van der Waals surface area contributed by atoms with Crippen molar-refractivity contribution in [2.45, 2.75) is 20.8 Å². The van der Waals surface area contributed by atoms with Crippen molar-refractivity contribution < 1.29 is 0 Å². The Morgan fingerprint density at radius 2 is 1.70 bits per heavy atom. The van der Waals surface area contributed by atoms with E-state index in [2.05, 4.69) is 48.8 Å². The summed E-state index contributed by atoms with van der Waals surface area (Å²) in [6, 6.07) is 4.34. The average Bonchev–Trinajstić information content (AvgIpc) is 1.82. The fraction of sp³-hybridized carbons (Fsp3) is 0.333. The monoisotopic (exact) mass is 198 g/mol. The van der Waals surface area contributed by atoms with Crippen molar-refractivity contribution in [3.63, 3.8) is 0 Å². The van der Waals surface area contributed by atoms with E-state index in [-0.39, 0.29) is 0 Å². The molecule has 1 rings (SSSR count). The van der Waals surface area contributed by atoms with E-state index in [0.717, 1.165) is 0 Å². The average molecular weight is 199 g/mol. The number of rotatable bonds is 0. The van der Waals surface area contributed by atoms with Gasteiger partial charge in [-0.1, -0.05) is 22.0 Å². The highest BCUT2D eigenvalue weighted by Gasteiger charge is 1.97. The van der Waals surface area contributed by atoms with E-state index >= 15 is 0 Å². The minimum atomic E-state index is 1.21. The normalized spacial score (nSPS) is 10.0. The molecule has 0 amide bonds. The van der Waals surface area contributed by atoms with Gasteiger partial charge in [-0.05, 0) is 43.5 Å². The lowest BCUT2D eigenvalue weighted by Gasteiger charge is -2.03. The SMILES string of the molecule is Cc1cc(C)c(C)c(Br)c1. The van der Waals surface area contributed by atoms with Crippen LogP contribution in [0.25, 0.3) is 0 Å². The van der Waals surface area contributed by atoms with E-state index in [1.807, 2.05) is 0 Å². The van der Waals surface area contributed by atoms with Crippen molar-refractivity contribution in [3.05, 3.63) is 33.3 Å². The van der Waals surface area contributed by atoms with E-state index in [1.54, 1.807) is 0 Å². The fourth-order valence-electron chi connectivity index (χ4n) is 0.988. The third-order valence-corrected chi connectivity index (χ3v) is 2.57. The summed E-state index contributed by atoms with van der Waals surface area (Å²) in [4.78, 5) is 0. The van der Waals surface area contributed by atoms with Gasteiger partial charge >= 0.3 is 0 Å². The zero-order valence-corrected chi connectivity index (χ0v) is 8.12. The lowest BCUT2D eigenvalue weighted by Crippen LogP contribution is -1.83. The van der Waals surface area contributed by atoms with Gasteiger partial charge in [-0.2, -0.15) is 0 Å². The van der Waals surface area contributed by atoms with Crippen LogP contribution >= 0.6 is 15.9 Å². The summed E-state index contributed by atoms with van der Waals surface area (Å²) in [5.41, 5.74) is 4.01. The second-order valence-electron chi connectivity index (χ2n) is 2.69. The van der Waals surface area contributed by atoms with E-state index in [0.29, 0.717) is 0 Å². The van der Waals surface area contributed by atoms with Crippen LogP contribution in [0.15, 0.2) is 16.6 Å². The Kier molecular flexibility index (Phi) is 2.14. The van der Waals surface area contributed by atoms with Crippen LogP contribution in [0.5, 0.6) is 0 Å². The Morgan fingerprint density at radius 1 is 1.10 bits per heavy atom. The molecule has 0 unspecified atom stereocenters. The Hall–Kier alpha value is -0.300. The van der Waals surface area contributed by atoms with Gasteiger partial charge in [0.25, 0.3) is 0 Å². The van der Waals surface area contributed by atoms with E-state index in [9.17, 15) is 0 Å². The minimum absolute atomic E-state index is 1.21. The van der Waals surface area contributed by atoms with Gasteiger partial charge < -0.3 is 0 Å². The number of aryl methyl sites for hydroxylation is 2. The summed E-state index contributed by atoms with van der Waals surface area (Å²) in [5, 5.41) is 0. The highest BCUT2D eigenvalue weighted by Crippen LogP contribution is 2.20. The predicted molar refractivity (Wildman–Crippen MR) is 48.4 cm³/mol. The van der Waals surface area contributed by atoms with Crippen molar-refractivity contribution in [2.24, 2.45) is 0 Å². The predicted octanol–water partition coefficient (Wildman–Crippen LogP) is 3.37. The van der Waals surface area contributed by atoms with Crippen molar-refractivity contribution in [2.75, 3.05) is 0 Å². The molecule has 0 heterocycles. The van der Waals surface area contributed by atoms with Crippen LogP contribution < -0.4 is 0 Å². The largest absolute Gasteiger partial charge is 0.0560 e. The molecule has 0 aromatic heterocycles. The van der Waals surface area contributed by atoms with Crippen LogP contribution in [0, 0.1) is 20.8 Å². The summed E-state index contributed by atoms with van der Waals surface area (Å²) in [5.74, 6) is 0. The first-order chi connectivity index (χ1) is 4.61. The smallest absolute Gasteiger partial charge is 0.0209 e. The molecule has 0 saturated carbocycles. The van der Waals surface area contributed by atoms with Crippen LogP contribution in [-0.2, 0) is 0 Å². The van der Waals surface area contributed by atoms with E-state index in [4.69, 9.17) is 0 Å². The summed E-state index contributed by atoms with van der Waals surface area (Å²) >= 11 is 3.50. The molecular formula is C9H11Br. The lowest BCUT2D eigenvalue weighted by atomic mass is 10.1. The maximum absolute atomic E-state index is 3.50. The van der Waals surface area contributed by atoms with Crippen molar-refractivity contribution in [3.8, 4) is 0 Å². The van der Waals surface area contributed by atoms with Crippen molar-refractivity contribution >= 4 is 15.9 Å². The molecule has 1 heteroatoms. The van der Waals surface area contributed by atoms with Crippen molar-refractivity contribution in [1.29, 1.82) is 0 Å². The molecule has 0 aliphatic carbocycles. The Morgan fingerprint density at radius 3 is 2.20 bits per heavy atom. The first-order valence-corrected chi connectivity index (χ1v) is 4.14. The van der Waals surface area contributed by atoms with Gasteiger partial charge in [0.15, 0.2) is 0 Å². The number of benzene rings is 1. The van der Waals surface area contributed by atoms with Crippen LogP contribution in [0.4, 0.5) is 0 Å². The third kappa shape index (κ3) is 1.40. The van der Waals surface area contributed by atoms with Crippen LogP contribution in [-0.4, -0.2) is 0 Å². The number of halogens is 1. The summed E-state index contributed by atoms with van der Waals surface area (Å²) in [6.45, 7) is 6.36. The molecule has 0 fully saturated rings. The molecule has 1 aromatic carbocycles. The molecule has 0 N–H and O–H groups in total. The zero-order chi connectivity index (χ0) is 7.72. The molecule has 0 atom stereocenters. The summed E-state index contributed by atoms with van der Waals surface area (Å²) < 4.78 is 1.21. The summed E-state index contributed by atoms with van der Waals surface area (Å²) in [7, 11) is 0. The van der Waals surface area contributed by atoms with Crippen LogP contribution in [0.2, 0.25) is 0 Å². The molecule has 1 aromatic rings. The minimum Gasteiger partial charge on any atom is -0.0560 e. The number of hydrogen-bond acceptors (Lipinski definition) is 0. The topological polar surface area (TPSA) is 0 Å². The molecule has 0 spiro atoms. The standard InChI is InChI=1S/C9H11Br/c1-6-4-7(2)8(3)9(10)5-6/h4-5H,1-3H3. The second-order valence-corrected chi connectivity index (χ2v) is 3.54. The molecule has 0 aliphatic heterocycles. The first-order valence-electron chi connectivity index (χ1n) is 3.34. The first kappa shape index (κ1) is 7.80. The van der Waals surface area contributed by atoms with Gasteiger partial charge in [0.05, 0.1) is 0 Å². The Bertz CT molecular complexity index is 228. The Balaban J connectivity index is 3.31. The van der Waals surface area contributed by atoms with E-state index < -0.39 is 0 Å². The lowest BCUT2D eigenvalue weighted by molar-refractivity contribution is 1.28. The van der Waals surface area contributed by atoms with Gasteiger partial charge in [0, 0.05) is 4.47 Å². The molecule has 0 aliphatic rings. The van der Waals surface area contributed by atoms with Gasteiger partial charge in [-0.15, -0.1) is 0 Å². The van der Waals surface area contributed by atoms with Gasteiger partial charge in [0.1, 0.15) is 0 Å². The fourth-order valence-corrected chi connectivity index (χ4v) is 1.66. The molecular weight excluding hydrogens is 188 g/mol. The highest BCUT2D eigenvalue weighted by atomic mass is 79.9. The molecule has 0 nitrogen and oxygen atoms in total. The summed E-state index contributed by atoms with van der Waals surface area (Å²) in [6.07, 6.45) is 0. The zero-order valence-electron chi connectivity index (χ0n) is 6.53. The number of hydrogen-bond donors (Lipinski definition) is 0. The molecule has 10 heavy (non-hydrogen) atoms. The van der Waals surface area contributed by atoms with E-state index in [1.165, 1.54) is 21.2 Å². The Labute approximate surface area is 70.4 Å². The maximum atomic E-state index is 3.50. The molecule has 0 radical (unpaired) electrons. The van der Waals surface area contributed by atoms with Crippen molar-refractivity contribution in [1.82, 2.24) is 0 Å². The molecule has 54 valence electrons. The quantitative estimate of drug-likeness (QED) is 0.600. The maximum Gasteiger partial charge on any atom is 0.0209 e. The molecule has 0 saturated heterocycles. The second kappa shape index (κ2) is 2.75.